The van der Waals surface area contributed by atoms with Crippen molar-refractivity contribution in [1.82, 2.24) is 36.9 Å². The Morgan fingerprint density at radius 2 is 1.45 bits per heavy atom. The fourth-order valence-electron chi connectivity index (χ4n) is 8.66. The van der Waals surface area contributed by atoms with Crippen LogP contribution in [-0.2, 0) is 60.8 Å². The number of H-pyrrole nitrogens is 1. The summed E-state index contributed by atoms with van der Waals surface area (Å²) in [5.41, 5.74) is 24.0. The number of aliphatic carboxylic acids is 2. The molecular weight excluding hydrogens is 1000 g/mol. The van der Waals surface area contributed by atoms with E-state index in [0.717, 1.165) is 17.8 Å². The number of carbonyl (C=O) groups is 10. The molecule has 0 spiro atoms. The third-order valence-electron chi connectivity index (χ3n) is 12.6. The van der Waals surface area contributed by atoms with E-state index >= 15 is 0 Å². The Balaban J connectivity index is 1.80. The summed E-state index contributed by atoms with van der Waals surface area (Å²) in [4.78, 5) is 151. The third-order valence-corrected chi connectivity index (χ3v) is 12.6. The second kappa shape index (κ2) is 30.5. The summed E-state index contributed by atoms with van der Waals surface area (Å²) in [7, 11) is 0. The maximum absolute atomic E-state index is 14.7. The van der Waals surface area contributed by atoms with Crippen molar-refractivity contribution in [3.63, 3.8) is 0 Å². The van der Waals surface area contributed by atoms with Gasteiger partial charge in [0, 0.05) is 74.8 Å². The minimum Gasteiger partial charge on any atom is -0.481 e. The number of carboxylic acids is 2. The molecule has 0 saturated carbocycles. The smallest absolute Gasteiger partial charge is 0.326 e. The van der Waals surface area contributed by atoms with Crippen LogP contribution in [0, 0.1) is 18.4 Å². The highest BCUT2D eigenvalue weighted by Crippen LogP contribution is 2.26. The number of aromatic nitrogens is 1. The molecule has 0 unspecified atom stereocenters. The highest BCUT2D eigenvalue weighted by molar-refractivity contribution is 5.99. The number of aromatic amines is 1. The summed E-state index contributed by atoms with van der Waals surface area (Å²) < 4.78 is 0. The predicted molar refractivity (Wildman–Crippen MR) is 281 cm³/mol. The average Bonchev–Trinajstić information content (AvgIpc) is 3.78. The van der Waals surface area contributed by atoms with E-state index in [2.05, 4.69) is 51.7 Å². The van der Waals surface area contributed by atoms with Gasteiger partial charge in [-0.3, -0.25) is 53.1 Å². The average molecular weight is 1070 g/mol. The van der Waals surface area contributed by atoms with Gasteiger partial charge < -0.3 is 70.0 Å². The van der Waals surface area contributed by atoms with E-state index in [1.54, 1.807) is 18.3 Å². The van der Waals surface area contributed by atoms with Crippen molar-refractivity contribution < 1.29 is 58.2 Å². The van der Waals surface area contributed by atoms with Gasteiger partial charge in [-0.05, 0) is 75.0 Å². The van der Waals surface area contributed by atoms with Crippen molar-refractivity contribution in [1.29, 1.82) is 0 Å². The van der Waals surface area contributed by atoms with Gasteiger partial charge in [-0.1, -0.05) is 42.5 Å². The lowest BCUT2D eigenvalue weighted by atomic mass is 9.83. The predicted octanol–water partition coefficient (Wildman–Crippen LogP) is -0.545. The molecule has 1 fully saturated rings. The lowest BCUT2D eigenvalue weighted by molar-refractivity contribution is -0.143. The van der Waals surface area contributed by atoms with Crippen LogP contribution in [0.1, 0.15) is 88.7 Å². The fourth-order valence-corrected chi connectivity index (χ4v) is 8.66. The minimum absolute atomic E-state index is 0.00349. The summed E-state index contributed by atoms with van der Waals surface area (Å²) in [6.07, 6.45) is -1.42. The first-order valence-electron chi connectivity index (χ1n) is 25.0. The second-order valence-electron chi connectivity index (χ2n) is 18.6. The molecule has 1 aliphatic heterocycles. The number of ketones is 2. The summed E-state index contributed by atoms with van der Waals surface area (Å²) in [6.45, 7) is 8.54. The van der Waals surface area contributed by atoms with Crippen LogP contribution >= 0.6 is 0 Å². The van der Waals surface area contributed by atoms with E-state index in [9.17, 15) is 58.2 Å². The van der Waals surface area contributed by atoms with Crippen molar-refractivity contribution in [3.05, 3.63) is 77.3 Å². The monoisotopic (exact) mass is 1070 g/mol. The van der Waals surface area contributed by atoms with Crippen LogP contribution in [0.5, 0.6) is 0 Å². The molecule has 6 amide bonds. The number of guanidine groups is 2. The van der Waals surface area contributed by atoms with Crippen LogP contribution in [0.2, 0.25) is 0 Å². The number of aliphatic imine (C=N–C) groups is 2. The summed E-state index contributed by atoms with van der Waals surface area (Å²) in [5.74, 6) is -12.3. The van der Waals surface area contributed by atoms with E-state index < -0.39 is 133 Å². The molecule has 0 radical (unpaired) electrons. The van der Waals surface area contributed by atoms with Gasteiger partial charge in [0.05, 0.1) is 19.0 Å². The van der Waals surface area contributed by atoms with Gasteiger partial charge in [0.1, 0.15) is 30.0 Å². The van der Waals surface area contributed by atoms with E-state index in [1.165, 1.54) is 24.3 Å². The molecule has 26 nitrogen and oxygen atoms in total. The number of nitrogens with two attached hydrogens (primary N) is 4. The quantitative estimate of drug-likeness (QED) is 0.0329. The van der Waals surface area contributed by atoms with Crippen LogP contribution in [-0.4, -0.2) is 136 Å². The number of rotatable bonds is 18. The number of Topliss-reactive ketones (excluding diaryl/α,β-unsaturated/α-hetero) is 2. The summed E-state index contributed by atoms with van der Waals surface area (Å²) >= 11 is 0. The zero-order chi connectivity index (χ0) is 56.6. The SMILES string of the molecule is [C-]#[N+]c1ccc(C[C@H]2NC(=O)[C@H](CC(=O)O)NC(=O)[C@@H](NC(=O)[C@H](CCCN=C(N)N)NC(C)=O)CCC(=O)NCCC[C@@H](C(=O)O)NC(=O)[C@H](Cc3c[nH]c4ccccc34)CC(=O)[C@H](CCCN=C(N)N)CC2=O)cc1. The number of carboxylic acid groups (broad SMARTS) is 2. The third kappa shape index (κ3) is 20.7. The number of benzene rings is 2. The van der Waals surface area contributed by atoms with Gasteiger partial charge in [0.15, 0.2) is 23.4 Å². The molecule has 1 aliphatic rings. The molecule has 77 heavy (non-hydrogen) atoms. The first-order valence-corrected chi connectivity index (χ1v) is 25.0. The summed E-state index contributed by atoms with van der Waals surface area (Å²) in [6, 6.07) is 5.41. The first kappa shape index (κ1) is 60.7. The number of nitrogens with one attached hydrogen (secondary N) is 7. The minimum atomic E-state index is -1.91. The molecule has 414 valence electrons. The Labute approximate surface area is 443 Å². The molecular formula is C51H68N14O12. The molecule has 26 heteroatoms. The van der Waals surface area contributed by atoms with Crippen LogP contribution in [0.4, 0.5) is 5.69 Å². The van der Waals surface area contributed by atoms with E-state index in [0.29, 0.717) is 11.1 Å². The highest BCUT2D eigenvalue weighted by Gasteiger charge is 2.36. The van der Waals surface area contributed by atoms with Crippen molar-refractivity contribution in [3.8, 4) is 0 Å². The molecule has 2 aromatic carbocycles. The standard InChI is InChI=1S/C51H68N14O12/c1-28(66)61-36(11-6-21-59-51(54)55)46(73)62-37-17-18-43(69)57-19-7-12-38(49(76)77)63-45(72)31(23-32-27-60-35-10-4-3-9-34(32)35)25-41(67)30(8-5-20-58-50(52)53)24-42(68)39(22-29-13-15-33(56-2)16-14-29)64-48(75)40(26-44(70)71)65-47(37)74/h3-4,9-10,13-16,27,30-31,36-40,60H,5-8,11-12,17-26H2,1H3,(H,57,69)(H,61,66)(H,62,73)(H,63,72)(H,64,75)(H,65,74)(H,70,71)(H,76,77)(H4,52,53,58)(H4,54,55,59)/t30-,31-,36+,37+,38+,39-,40+/m1/s1. The number of hydrogen-bond acceptors (Lipinski definition) is 12. The topological polar surface area (TPSA) is 432 Å². The van der Waals surface area contributed by atoms with E-state index in [-0.39, 0.29) is 88.6 Å². The van der Waals surface area contributed by atoms with Crippen LogP contribution in [0.15, 0.2) is 64.7 Å². The number of amides is 6. The zero-order valence-electron chi connectivity index (χ0n) is 42.7. The van der Waals surface area contributed by atoms with Crippen LogP contribution < -0.4 is 54.8 Å². The molecule has 4 rings (SSSR count). The normalized spacial score (nSPS) is 20.9. The largest absolute Gasteiger partial charge is 0.481 e. The Morgan fingerprint density at radius 1 is 0.792 bits per heavy atom. The van der Waals surface area contributed by atoms with Crippen molar-refractivity contribution in [2.75, 3.05) is 19.6 Å². The number of hydrogen-bond donors (Lipinski definition) is 13. The van der Waals surface area contributed by atoms with Crippen molar-refractivity contribution >= 4 is 87.5 Å². The second-order valence-corrected chi connectivity index (χ2v) is 18.6. The van der Waals surface area contributed by atoms with E-state index in [1.807, 2.05) is 12.1 Å². The Kier molecular flexibility index (Phi) is 24.0. The number of nitrogens with zero attached hydrogens (tertiary/aromatic N) is 3. The number of fused-ring (bicyclic) bond motifs is 1. The van der Waals surface area contributed by atoms with Gasteiger partial charge in [-0.25, -0.2) is 9.64 Å². The zero-order valence-corrected chi connectivity index (χ0v) is 42.7. The van der Waals surface area contributed by atoms with E-state index in [4.69, 9.17) is 29.5 Å². The maximum atomic E-state index is 14.7. The van der Waals surface area contributed by atoms with Gasteiger partial charge in [-0.2, -0.15) is 0 Å². The fraction of sp³-hybridized carbons (Fsp3) is 0.471. The van der Waals surface area contributed by atoms with Crippen molar-refractivity contribution in [2.45, 2.75) is 121 Å². The van der Waals surface area contributed by atoms with Gasteiger partial charge in [0.2, 0.25) is 35.4 Å². The molecule has 1 saturated heterocycles. The Morgan fingerprint density at radius 3 is 2.10 bits per heavy atom. The lowest BCUT2D eigenvalue weighted by Crippen LogP contribution is -2.58. The van der Waals surface area contributed by atoms with Gasteiger partial charge in [0.25, 0.3) is 0 Å². The first-order chi connectivity index (χ1) is 36.6. The van der Waals surface area contributed by atoms with Gasteiger partial charge >= 0.3 is 11.9 Å². The Hall–Kier alpha value is -8.89. The molecule has 17 N–H and O–H groups in total. The summed E-state index contributed by atoms with van der Waals surface area (Å²) in [5, 5.41) is 36.1. The molecule has 3 aromatic rings. The van der Waals surface area contributed by atoms with Crippen LogP contribution in [0.25, 0.3) is 15.7 Å². The highest BCUT2D eigenvalue weighted by atomic mass is 16.4. The molecule has 2 heterocycles. The van der Waals surface area contributed by atoms with Crippen molar-refractivity contribution in [2.24, 2.45) is 44.8 Å². The lowest BCUT2D eigenvalue weighted by Gasteiger charge is -2.27. The molecule has 0 aliphatic carbocycles. The molecule has 1 aromatic heterocycles. The molecule has 7 atom stereocenters. The Bertz CT molecular complexity index is 2710. The van der Waals surface area contributed by atoms with Crippen LogP contribution in [0.3, 0.4) is 0 Å². The number of carbonyl (C=O) groups excluding carboxylic acids is 8. The number of para-hydroxylation sites is 1. The molecule has 0 bridgehead atoms. The van der Waals surface area contributed by atoms with Gasteiger partial charge in [-0.15, -0.1) is 0 Å². The maximum Gasteiger partial charge on any atom is 0.326 e.